The largest absolute Gasteiger partial charge is 0.397 e. The zero-order valence-corrected chi connectivity index (χ0v) is 7.88. The summed E-state index contributed by atoms with van der Waals surface area (Å²) in [6.07, 6.45) is 7.27. The Bertz CT molecular complexity index is 305. The fraction of sp³-hybridized carbons (Fsp3) is 0.500. The number of nitrogen functional groups attached to an aromatic ring is 1. The summed E-state index contributed by atoms with van der Waals surface area (Å²) in [4.78, 5) is 4.04. The Labute approximate surface area is 78.4 Å². The number of nitrogens with two attached hydrogens (primary N) is 1. The van der Waals surface area contributed by atoms with E-state index >= 15 is 0 Å². The molecule has 3 N–H and O–H groups in total. The van der Waals surface area contributed by atoms with E-state index in [4.69, 9.17) is 5.73 Å². The molecule has 1 aliphatic rings. The molecule has 70 valence electrons. The molecule has 1 aliphatic carbocycles. The highest BCUT2D eigenvalue weighted by Crippen LogP contribution is 2.34. The molecule has 0 bridgehead atoms. The van der Waals surface area contributed by atoms with E-state index in [1.807, 2.05) is 12.3 Å². The molecule has 1 aromatic heterocycles. The van der Waals surface area contributed by atoms with E-state index in [0.717, 1.165) is 5.69 Å². The van der Waals surface area contributed by atoms with Gasteiger partial charge >= 0.3 is 0 Å². The standard InChI is InChI=1S/C10H15N3/c1-10(3-2-4-10)13-9-5-8(11)6-12-7-9/h5-7,13H,2-4,11H2,1H3. The zero-order valence-electron chi connectivity index (χ0n) is 7.88. The first-order valence-corrected chi connectivity index (χ1v) is 4.67. The third kappa shape index (κ3) is 1.74. The molecule has 0 amide bonds. The van der Waals surface area contributed by atoms with Gasteiger partial charge in [-0.3, -0.25) is 4.98 Å². The van der Waals surface area contributed by atoms with Gasteiger partial charge < -0.3 is 11.1 Å². The van der Waals surface area contributed by atoms with Gasteiger partial charge in [0, 0.05) is 11.7 Å². The summed E-state index contributed by atoms with van der Waals surface area (Å²) in [5.41, 5.74) is 7.65. The Hall–Kier alpha value is -1.25. The van der Waals surface area contributed by atoms with Crippen molar-refractivity contribution in [3.8, 4) is 0 Å². The van der Waals surface area contributed by atoms with E-state index in [-0.39, 0.29) is 5.54 Å². The maximum absolute atomic E-state index is 5.63. The molecule has 3 nitrogen and oxygen atoms in total. The Morgan fingerprint density at radius 3 is 2.77 bits per heavy atom. The molecule has 13 heavy (non-hydrogen) atoms. The van der Waals surface area contributed by atoms with Crippen LogP contribution in [0.3, 0.4) is 0 Å². The number of nitrogens with zero attached hydrogens (tertiary/aromatic N) is 1. The van der Waals surface area contributed by atoms with Crippen LogP contribution >= 0.6 is 0 Å². The molecule has 1 saturated carbocycles. The average molecular weight is 177 g/mol. The van der Waals surface area contributed by atoms with Crippen molar-refractivity contribution in [1.29, 1.82) is 0 Å². The number of anilines is 2. The molecule has 0 unspecified atom stereocenters. The van der Waals surface area contributed by atoms with E-state index in [1.54, 1.807) is 6.20 Å². The smallest absolute Gasteiger partial charge is 0.0551 e. The maximum atomic E-state index is 5.63. The van der Waals surface area contributed by atoms with Gasteiger partial charge in [0.25, 0.3) is 0 Å². The van der Waals surface area contributed by atoms with Gasteiger partial charge in [0.05, 0.1) is 17.6 Å². The maximum Gasteiger partial charge on any atom is 0.0551 e. The fourth-order valence-corrected chi connectivity index (χ4v) is 1.71. The number of hydrogen-bond donors (Lipinski definition) is 2. The predicted molar refractivity (Wildman–Crippen MR) is 54.5 cm³/mol. The van der Waals surface area contributed by atoms with Gasteiger partial charge in [-0.1, -0.05) is 0 Å². The van der Waals surface area contributed by atoms with Gasteiger partial charge in [-0.05, 0) is 32.3 Å². The molecule has 3 heteroatoms. The molecule has 0 atom stereocenters. The molecular formula is C10H15N3. The number of hydrogen-bond acceptors (Lipinski definition) is 3. The van der Waals surface area contributed by atoms with Crippen LogP contribution in [0.4, 0.5) is 11.4 Å². The molecule has 1 aromatic rings. The van der Waals surface area contributed by atoms with Crippen molar-refractivity contribution < 1.29 is 0 Å². The lowest BCUT2D eigenvalue weighted by atomic mass is 9.78. The summed E-state index contributed by atoms with van der Waals surface area (Å²) in [7, 11) is 0. The third-order valence-electron chi connectivity index (χ3n) is 2.66. The highest BCUT2D eigenvalue weighted by atomic mass is 15.0. The van der Waals surface area contributed by atoms with Crippen molar-refractivity contribution in [3.05, 3.63) is 18.5 Å². The number of nitrogens with one attached hydrogen (secondary N) is 1. The van der Waals surface area contributed by atoms with Crippen LogP contribution in [0.2, 0.25) is 0 Å². The number of aromatic nitrogens is 1. The number of rotatable bonds is 2. The van der Waals surface area contributed by atoms with E-state index in [9.17, 15) is 0 Å². The highest BCUT2D eigenvalue weighted by Gasteiger charge is 2.31. The Kier molecular flexibility index (Phi) is 1.87. The van der Waals surface area contributed by atoms with Crippen molar-refractivity contribution in [2.24, 2.45) is 0 Å². The lowest BCUT2D eigenvalue weighted by Gasteiger charge is -2.40. The molecule has 0 spiro atoms. The topological polar surface area (TPSA) is 50.9 Å². The van der Waals surface area contributed by atoms with Crippen molar-refractivity contribution in [2.75, 3.05) is 11.1 Å². The van der Waals surface area contributed by atoms with Gasteiger partial charge in [0.15, 0.2) is 0 Å². The fourth-order valence-electron chi connectivity index (χ4n) is 1.71. The average Bonchev–Trinajstić information content (AvgIpc) is 2.01. The lowest BCUT2D eigenvalue weighted by molar-refractivity contribution is 0.306. The summed E-state index contributed by atoms with van der Waals surface area (Å²) in [6.45, 7) is 2.24. The van der Waals surface area contributed by atoms with Gasteiger partial charge in [-0.25, -0.2) is 0 Å². The second-order valence-electron chi connectivity index (χ2n) is 4.05. The van der Waals surface area contributed by atoms with Crippen LogP contribution in [0.15, 0.2) is 18.5 Å². The SMILES string of the molecule is CC1(Nc2cncc(N)c2)CCC1. The Morgan fingerprint density at radius 2 is 2.23 bits per heavy atom. The first-order valence-electron chi connectivity index (χ1n) is 4.67. The van der Waals surface area contributed by atoms with Crippen LogP contribution in [-0.2, 0) is 0 Å². The minimum absolute atomic E-state index is 0.273. The molecule has 2 rings (SSSR count). The summed E-state index contributed by atoms with van der Waals surface area (Å²) >= 11 is 0. The van der Waals surface area contributed by atoms with Crippen molar-refractivity contribution >= 4 is 11.4 Å². The Morgan fingerprint density at radius 1 is 1.46 bits per heavy atom. The van der Waals surface area contributed by atoms with E-state index in [2.05, 4.69) is 17.2 Å². The summed E-state index contributed by atoms with van der Waals surface area (Å²) < 4.78 is 0. The second kappa shape index (κ2) is 2.91. The van der Waals surface area contributed by atoms with Crippen LogP contribution in [-0.4, -0.2) is 10.5 Å². The normalized spacial score (nSPS) is 19.2. The minimum Gasteiger partial charge on any atom is -0.397 e. The third-order valence-corrected chi connectivity index (χ3v) is 2.66. The van der Waals surface area contributed by atoms with Crippen LogP contribution in [0.25, 0.3) is 0 Å². The van der Waals surface area contributed by atoms with E-state index in [1.165, 1.54) is 19.3 Å². The van der Waals surface area contributed by atoms with Gasteiger partial charge in [0.1, 0.15) is 0 Å². The molecule has 0 radical (unpaired) electrons. The summed E-state index contributed by atoms with van der Waals surface area (Å²) in [6, 6.07) is 1.93. The first-order chi connectivity index (χ1) is 6.18. The van der Waals surface area contributed by atoms with Crippen LogP contribution in [0.5, 0.6) is 0 Å². The zero-order chi connectivity index (χ0) is 9.31. The quantitative estimate of drug-likeness (QED) is 0.726. The second-order valence-corrected chi connectivity index (χ2v) is 4.05. The predicted octanol–water partition coefficient (Wildman–Crippen LogP) is 2.02. The van der Waals surface area contributed by atoms with Gasteiger partial charge in [-0.15, -0.1) is 0 Å². The summed E-state index contributed by atoms with van der Waals surface area (Å²) in [5, 5.41) is 3.45. The van der Waals surface area contributed by atoms with E-state index < -0.39 is 0 Å². The molecule has 1 heterocycles. The van der Waals surface area contributed by atoms with Crippen LogP contribution in [0, 0.1) is 0 Å². The first kappa shape index (κ1) is 8.35. The number of pyridine rings is 1. The molecule has 0 aromatic carbocycles. The molecule has 0 aliphatic heterocycles. The van der Waals surface area contributed by atoms with Crippen molar-refractivity contribution in [3.63, 3.8) is 0 Å². The lowest BCUT2D eigenvalue weighted by Crippen LogP contribution is -2.41. The molecule has 0 saturated heterocycles. The highest BCUT2D eigenvalue weighted by molar-refractivity contribution is 5.52. The van der Waals surface area contributed by atoms with Crippen molar-refractivity contribution in [1.82, 2.24) is 4.98 Å². The van der Waals surface area contributed by atoms with Gasteiger partial charge in [0.2, 0.25) is 0 Å². The summed E-state index contributed by atoms with van der Waals surface area (Å²) in [5.74, 6) is 0. The monoisotopic (exact) mass is 177 g/mol. The molecular weight excluding hydrogens is 162 g/mol. The molecule has 1 fully saturated rings. The van der Waals surface area contributed by atoms with Crippen LogP contribution < -0.4 is 11.1 Å². The minimum atomic E-state index is 0.273. The van der Waals surface area contributed by atoms with E-state index in [0.29, 0.717) is 5.69 Å². The van der Waals surface area contributed by atoms with Crippen molar-refractivity contribution in [2.45, 2.75) is 31.7 Å². The Balaban J connectivity index is 2.09. The van der Waals surface area contributed by atoms with Gasteiger partial charge in [-0.2, -0.15) is 0 Å². The van der Waals surface area contributed by atoms with Crippen LogP contribution in [0.1, 0.15) is 26.2 Å².